The van der Waals surface area contributed by atoms with Crippen LogP contribution in [0.15, 0.2) is 17.5 Å². The van der Waals surface area contributed by atoms with Crippen LogP contribution in [-0.4, -0.2) is 28.8 Å². The fourth-order valence-electron chi connectivity index (χ4n) is 2.23. The first-order valence-electron chi connectivity index (χ1n) is 6.26. The standard InChI is InChI=1S/C13H18N2O2S/c1-3-5-11-12(16)14-9(2)13(17)15(11)8-10-6-4-7-18-10/h4,6-7,9,11H,3,5,8H2,1-2H3,(H,14,16). The summed E-state index contributed by atoms with van der Waals surface area (Å²) < 4.78 is 0. The fraction of sp³-hybridized carbons (Fsp3) is 0.538. The number of piperazine rings is 1. The third-order valence-electron chi connectivity index (χ3n) is 3.16. The zero-order valence-electron chi connectivity index (χ0n) is 10.7. The number of rotatable bonds is 4. The van der Waals surface area contributed by atoms with Crippen LogP contribution in [-0.2, 0) is 16.1 Å². The zero-order valence-corrected chi connectivity index (χ0v) is 11.5. The molecule has 5 heteroatoms. The molecule has 1 aromatic rings. The molecule has 0 saturated carbocycles. The van der Waals surface area contributed by atoms with Crippen LogP contribution in [0.1, 0.15) is 31.6 Å². The molecule has 98 valence electrons. The van der Waals surface area contributed by atoms with E-state index in [1.165, 1.54) is 0 Å². The van der Waals surface area contributed by atoms with Crippen LogP contribution >= 0.6 is 11.3 Å². The molecule has 1 fully saturated rings. The van der Waals surface area contributed by atoms with Crippen LogP contribution in [0.4, 0.5) is 0 Å². The molecule has 2 rings (SSSR count). The summed E-state index contributed by atoms with van der Waals surface area (Å²) in [4.78, 5) is 27.0. The van der Waals surface area contributed by atoms with Gasteiger partial charge in [0.15, 0.2) is 0 Å². The normalized spacial score (nSPS) is 24.2. The minimum atomic E-state index is -0.412. The van der Waals surface area contributed by atoms with E-state index in [1.807, 2.05) is 24.4 Å². The molecule has 2 heterocycles. The number of nitrogens with one attached hydrogen (secondary N) is 1. The summed E-state index contributed by atoms with van der Waals surface area (Å²) in [6.45, 7) is 4.31. The molecule has 0 aliphatic carbocycles. The monoisotopic (exact) mass is 266 g/mol. The van der Waals surface area contributed by atoms with Gasteiger partial charge in [0.25, 0.3) is 0 Å². The van der Waals surface area contributed by atoms with Gasteiger partial charge in [0.05, 0.1) is 6.54 Å². The highest BCUT2D eigenvalue weighted by atomic mass is 32.1. The Bertz CT molecular complexity index is 430. The SMILES string of the molecule is CCCC1C(=O)NC(C)C(=O)N1Cc1cccs1. The van der Waals surface area contributed by atoms with E-state index in [2.05, 4.69) is 5.32 Å². The lowest BCUT2D eigenvalue weighted by atomic mass is 10.0. The van der Waals surface area contributed by atoms with Crippen molar-refractivity contribution >= 4 is 23.2 Å². The van der Waals surface area contributed by atoms with E-state index < -0.39 is 6.04 Å². The van der Waals surface area contributed by atoms with Crippen molar-refractivity contribution in [1.82, 2.24) is 10.2 Å². The quantitative estimate of drug-likeness (QED) is 0.903. The molecule has 1 aliphatic heterocycles. The van der Waals surface area contributed by atoms with Crippen LogP contribution in [0.5, 0.6) is 0 Å². The van der Waals surface area contributed by atoms with Crippen molar-refractivity contribution in [3.05, 3.63) is 22.4 Å². The van der Waals surface area contributed by atoms with Crippen molar-refractivity contribution in [3.63, 3.8) is 0 Å². The third kappa shape index (κ3) is 2.56. The summed E-state index contributed by atoms with van der Waals surface area (Å²) in [7, 11) is 0. The Hall–Kier alpha value is -1.36. The average molecular weight is 266 g/mol. The number of nitrogens with zero attached hydrogens (tertiary/aromatic N) is 1. The van der Waals surface area contributed by atoms with Gasteiger partial charge in [-0.25, -0.2) is 0 Å². The first-order valence-corrected chi connectivity index (χ1v) is 7.14. The number of carbonyl (C=O) groups excluding carboxylic acids is 2. The molecule has 2 atom stereocenters. The molecule has 0 spiro atoms. The highest BCUT2D eigenvalue weighted by Gasteiger charge is 2.37. The number of carbonyl (C=O) groups is 2. The smallest absolute Gasteiger partial charge is 0.245 e. The second kappa shape index (κ2) is 5.52. The van der Waals surface area contributed by atoms with E-state index in [0.717, 1.165) is 17.7 Å². The molecule has 1 N–H and O–H groups in total. The predicted octanol–water partition coefficient (Wildman–Crippen LogP) is 1.76. The van der Waals surface area contributed by atoms with Gasteiger partial charge < -0.3 is 10.2 Å². The molecule has 1 saturated heterocycles. The van der Waals surface area contributed by atoms with Crippen LogP contribution in [0.3, 0.4) is 0 Å². The number of amides is 2. The third-order valence-corrected chi connectivity index (χ3v) is 4.02. The molecular weight excluding hydrogens is 248 g/mol. The van der Waals surface area contributed by atoms with Gasteiger partial charge in [0.2, 0.25) is 11.8 Å². The molecule has 18 heavy (non-hydrogen) atoms. The van der Waals surface area contributed by atoms with E-state index in [-0.39, 0.29) is 17.9 Å². The summed E-state index contributed by atoms with van der Waals surface area (Å²) in [6.07, 6.45) is 1.61. The Morgan fingerprint density at radius 2 is 2.22 bits per heavy atom. The fourth-order valence-corrected chi connectivity index (χ4v) is 2.94. The van der Waals surface area contributed by atoms with E-state index in [9.17, 15) is 9.59 Å². The Kier molecular flexibility index (Phi) is 4.01. The molecule has 4 nitrogen and oxygen atoms in total. The second-order valence-electron chi connectivity index (χ2n) is 4.58. The van der Waals surface area contributed by atoms with E-state index in [1.54, 1.807) is 23.2 Å². The number of hydrogen-bond acceptors (Lipinski definition) is 3. The lowest BCUT2D eigenvalue weighted by Crippen LogP contribution is -2.61. The minimum Gasteiger partial charge on any atom is -0.343 e. The molecule has 2 amide bonds. The van der Waals surface area contributed by atoms with Crippen molar-refractivity contribution in [2.75, 3.05) is 0 Å². The maximum absolute atomic E-state index is 12.2. The van der Waals surface area contributed by atoms with Crippen LogP contribution in [0.25, 0.3) is 0 Å². The van der Waals surface area contributed by atoms with Gasteiger partial charge in [-0.2, -0.15) is 0 Å². The summed E-state index contributed by atoms with van der Waals surface area (Å²) in [5.74, 6) is -0.0121. The van der Waals surface area contributed by atoms with Gasteiger partial charge in [-0.1, -0.05) is 19.4 Å². The van der Waals surface area contributed by atoms with Crippen LogP contribution < -0.4 is 5.32 Å². The van der Waals surface area contributed by atoms with Crippen LogP contribution in [0.2, 0.25) is 0 Å². The first kappa shape index (κ1) is 13.1. The predicted molar refractivity (Wildman–Crippen MR) is 71.2 cm³/mol. The first-order chi connectivity index (χ1) is 8.63. The van der Waals surface area contributed by atoms with Gasteiger partial charge in [-0.15, -0.1) is 11.3 Å². The maximum Gasteiger partial charge on any atom is 0.245 e. The van der Waals surface area contributed by atoms with Crippen molar-refractivity contribution in [3.8, 4) is 0 Å². The molecule has 0 aromatic carbocycles. The average Bonchev–Trinajstić information content (AvgIpc) is 2.83. The van der Waals surface area contributed by atoms with E-state index in [4.69, 9.17) is 0 Å². The summed E-state index contributed by atoms with van der Waals surface area (Å²) in [5.41, 5.74) is 0. The largest absolute Gasteiger partial charge is 0.343 e. The molecule has 2 unspecified atom stereocenters. The van der Waals surface area contributed by atoms with Crippen molar-refractivity contribution in [1.29, 1.82) is 0 Å². The Balaban J connectivity index is 2.19. The topological polar surface area (TPSA) is 49.4 Å². The van der Waals surface area contributed by atoms with Gasteiger partial charge in [-0.3, -0.25) is 9.59 Å². The van der Waals surface area contributed by atoms with E-state index in [0.29, 0.717) is 6.54 Å². The Morgan fingerprint density at radius 3 is 2.83 bits per heavy atom. The summed E-state index contributed by atoms with van der Waals surface area (Å²) >= 11 is 1.62. The van der Waals surface area contributed by atoms with Gasteiger partial charge in [0, 0.05) is 4.88 Å². The maximum atomic E-state index is 12.2. The van der Waals surface area contributed by atoms with E-state index >= 15 is 0 Å². The minimum absolute atomic E-state index is 0.0152. The van der Waals surface area contributed by atoms with Crippen molar-refractivity contribution in [2.45, 2.75) is 45.3 Å². The summed E-state index contributed by atoms with van der Waals surface area (Å²) in [5, 5.41) is 4.73. The number of thiophene rings is 1. The lowest BCUT2D eigenvalue weighted by molar-refractivity contribution is -0.149. The van der Waals surface area contributed by atoms with Crippen molar-refractivity contribution in [2.24, 2.45) is 0 Å². The van der Waals surface area contributed by atoms with Gasteiger partial charge >= 0.3 is 0 Å². The second-order valence-corrected chi connectivity index (χ2v) is 5.61. The Morgan fingerprint density at radius 1 is 1.44 bits per heavy atom. The number of hydrogen-bond donors (Lipinski definition) is 1. The molecule has 0 radical (unpaired) electrons. The molecular formula is C13H18N2O2S. The molecule has 0 bridgehead atoms. The summed E-state index contributed by atoms with van der Waals surface area (Å²) in [6, 6.07) is 3.23. The lowest BCUT2D eigenvalue weighted by Gasteiger charge is -2.37. The molecule has 1 aromatic heterocycles. The van der Waals surface area contributed by atoms with Gasteiger partial charge in [-0.05, 0) is 24.8 Å². The van der Waals surface area contributed by atoms with Crippen LogP contribution in [0, 0.1) is 0 Å². The zero-order chi connectivity index (χ0) is 13.1. The Labute approximate surface area is 111 Å². The van der Waals surface area contributed by atoms with Gasteiger partial charge in [0.1, 0.15) is 12.1 Å². The highest BCUT2D eigenvalue weighted by Crippen LogP contribution is 2.20. The molecule has 1 aliphatic rings. The van der Waals surface area contributed by atoms with Crippen molar-refractivity contribution < 1.29 is 9.59 Å². The highest BCUT2D eigenvalue weighted by molar-refractivity contribution is 7.09.